The molecular formula is C13H15N3OS2. The highest BCUT2D eigenvalue weighted by Crippen LogP contribution is 2.41. The molecule has 1 saturated heterocycles. The second-order valence-electron chi connectivity index (χ2n) is 4.45. The van der Waals surface area contributed by atoms with E-state index in [9.17, 15) is 0 Å². The molecule has 6 heteroatoms. The fourth-order valence-electron chi connectivity index (χ4n) is 2.01. The normalized spacial score (nSPS) is 23.4. The number of thioether (sulfide) groups is 2. The lowest BCUT2D eigenvalue weighted by Gasteiger charge is -2.24. The molecule has 1 aromatic carbocycles. The van der Waals surface area contributed by atoms with Crippen molar-refractivity contribution >= 4 is 29.2 Å². The Labute approximate surface area is 120 Å². The third-order valence-electron chi connectivity index (χ3n) is 3.04. The van der Waals surface area contributed by atoms with Gasteiger partial charge in [0.15, 0.2) is 5.82 Å². The van der Waals surface area contributed by atoms with Crippen LogP contribution in [0.4, 0.5) is 5.69 Å². The zero-order chi connectivity index (χ0) is 13.2. The minimum absolute atomic E-state index is 0.324. The van der Waals surface area contributed by atoms with Crippen LogP contribution in [0.5, 0.6) is 0 Å². The van der Waals surface area contributed by atoms with Gasteiger partial charge in [0, 0.05) is 28.0 Å². The van der Waals surface area contributed by atoms with E-state index in [1.807, 2.05) is 47.8 Å². The molecule has 2 N–H and O–H groups in total. The van der Waals surface area contributed by atoms with E-state index in [0.717, 1.165) is 22.8 Å². The van der Waals surface area contributed by atoms with Gasteiger partial charge < -0.3 is 10.3 Å². The van der Waals surface area contributed by atoms with Crippen LogP contribution in [-0.2, 0) is 0 Å². The average molecular weight is 293 g/mol. The predicted octanol–water partition coefficient (Wildman–Crippen LogP) is 3.23. The summed E-state index contributed by atoms with van der Waals surface area (Å²) in [5.41, 5.74) is 7.32. The van der Waals surface area contributed by atoms with Crippen LogP contribution in [0.15, 0.2) is 28.8 Å². The molecule has 0 radical (unpaired) electrons. The quantitative estimate of drug-likeness (QED) is 0.858. The van der Waals surface area contributed by atoms with E-state index < -0.39 is 0 Å². The molecule has 2 atom stereocenters. The summed E-state index contributed by atoms with van der Waals surface area (Å²) in [5, 5.41) is 4.99. The summed E-state index contributed by atoms with van der Waals surface area (Å²) in [4.78, 5) is 4.53. The molecule has 2 unspecified atom stereocenters. The average Bonchev–Trinajstić information content (AvgIpc) is 2.89. The van der Waals surface area contributed by atoms with Crippen LogP contribution in [0.2, 0.25) is 0 Å². The first kappa shape index (κ1) is 12.9. The fraction of sp³-hybridized carbons (Fsp3) is 0.385. The molecule has 100 valence electrons. The summed E-state index contributed by atoms with van der Waals surface area (Å²) in [6.45, 7) is 2.22. The van der Waals surface area contributed by atoms with Crippen molar-refractivity contribution in [3.05, 3.63) is 30.1 Å². The number of nitrogens with two attached hydrogens (primary N) is 1. The number of rotatable bonds is 2. The molecule has 0 spiro atoms. The van der Waals surface area contributed by atoms with Crippen LogP contribution in [0.3, 0.4) is 0 Å². The highest BCUT2D eigenvalue weighted by Gasteiger charge is 2.28. The first-order chi connectivity index (χ1) is 9.24. The Bertz CT molecular complexity index is 555. The zero-order valence-corrected chi connectivity index (χ0v) is 12.2. The highest BCUT2D eigenvalue weighted by atomic mass is 32.2. The highest BCUT2D eigenvalue weighted by molar-refractivity contribution is 8.06. The lowest BCUT2D eigenvalue weighted by Crippen LogP contribution is -2.16. The van der Waals surface area contributed by atoms with E-state index in [1.54, 1.807) is 0 Å². The maximum absolute atomic E-state index is 5.67. The molecule has 4 nitrogen and oxygen atoms in total. The second-order valence-corrected chi connectivity index (χ2v) is 7.18. The summed E-state index contributed by atoms with van der Waals surface area (Å²) in [5.74, 6) is 3.71. The van der Waals surface area contributed by atoms with Crippen LogP contribution < -0.4 is 5.73 Å². The van der Waals surface area contributed by atoms with Crippen LogP contribution >= 0.6 is 23.5 Å². The van der Waals surface area contributed by atoms with Crippen molar-refractivity contribution in [1.82, 2.24) is 10.1 Å². The second kappa shape index (κ2) is 5.46. The maximum atomic E-state index is 5.67. The minimum Gasteiger partial charge on any atom is -0.399 e. The molecule has 0 bridgehead atoms. The van der Waals surface area contributed by atoms with Crippen LogP contribution in [0.25, 0.3) is 11.5 Å². The summed E-state index contributed by atoms with van der Waals surface area (Å²) in [6.07, 6.45) is 0. The van der Waals surface area contributed by atoms with Gasteiger partial charge in [-0.25, -0.2) is 0 Å². The summed E-state index contributed by atoms with van der Waals surface area (Å²) in [7, 11) is 0. The molecule has 0 amide bonds. The Morgan fingerprint density at radius 2 is 1.95 bits per heavy atom. The zero-order valence-electron chi connectivity index (χ0n) is 10.6. The lowest BCUT2D eigenvalue weighted by molar-refractivity contribution is 0.422. The molecule has 19 heavy (non-hydrogen) atoms. The largest absolute Gasteiger partial charge is 0.399 e. The Balaban J connectivity index is 1.84. The smallest absolute Gasteiger partial charge is 0.257 e. The number of hydrogen-bond donors (Lipinski definition) is 1. The number of nitrogen functional groups attached to an aromatic ring is 1. The van der Waals surface area contributed by atoms with Gasteiger partial charge in [0.1, 0.15) is 0 Å². The van der Waals surface area contributed by atoms with Gasteiger partial charge in [0.05, 0.1) is 5.25 Å². The number of anilines is 1. The SMILES string of the molecule is CC1SCCSC1c1noc(-c2ccc(N)cc2)n1. The van der Waals surface area contributed by atoms with Gasteiger partial charge in [-0.05, 0) is 24.3 Å². The van der Waals surface area contributed by atoms with Gasteiger partial charge in [-0.3, -0.25) is 0 Å². The third-order valence-corrected chi connectivity index (χ3v) is 6.13. The molecular weight excluding hydrogens is 278 g/mol. The Morgan fingerprint density at radius 1 is 1.21 bits per heavy atom. The van der Waals surface area contributed by atoms with Gasteiger partial charge in [0.2, 0.25) is 0 Å². The molecule has 3 rings (SSSR count). The number of benzene rings is 1. The van der Waals surface area contributed by atoms with Gasteiger partial charge in [-0.15, -0.1) is 11.8 Å². The molecule has 1 aliphatic heterocycles. The van der Waals surface area contributed by atoms with Crippen molar-refractivity contribution in [3.63, 3.8) is 0 Å². The number of nitrogens with zero attached hydrogens (tertiary/aromatic N) is 2. The van der Waals surface area contributed by atoms with Crippen molar-refractivity contribution in [1.29, 1.82) is 0 Å². The monoisotopic (exact) mass is 293 g/mol. The van der Waals surface area contributed by atoms with E-state index in [0.29, 0.717) is 16.4 Å². The Kier molecular flexibility index (Phi) is 3.70. The van der Waals surface area contributed by atoms with E-state index in [-0.39, 0.29) is 0 Å². The minimum atomic E-state index is 0.324. The molecule has 1 fully saturated rings. The van der Waals surface area contributed by atoms with Gasteiger partial charge >= 0.3 is 0 Å². The summed E-state index contributed by atoms with van der Waals surface area (Å²) in [6, 6.07) is 7.48. The van der Waals surface area contributed by atoms with Gasteiger partial charge in [-0.1, -0.05) is 12.1 Å². The molecule has 1 aliphatic rings. The summed E-state index contributed by atoms with van der Waals surface area (Å²) >= 11 is 3.88. The molecule has 2 heterocycles. The third kappa shape index (κ3) is 2.74. The Hall–Kier alpha value is -1.14. The van der Waals surface area contributed by atoms with E-state index in [4.69, 9.17) is 10.3 Å². The standard InChI is InChI=1S/C13H15N3OS2/c1-8-11(19-7-6-18-8)12-15-13(17-16-12)9-2-4-10(14)5-3-9/h2-5,8,11H,6-7,14H2,1H3. The van der Waals surface area contributed by atoms with Crippen LogP contribution in [-0.4, -0.2) is 26.9 Å². The van der Waals surface area contributed by atoms with Crippen molar-refractivity contribution in [3.8, 4) is 11.5 Å². The van der Waals surface area contributed by atoms with E-state index in [2.05, 4.69) is 17.1 Å². The lowest BCUT2D eigenvalue weighted by atomic mass is 10.2. The molecule has 2 aromatic rings. The fourth-order valence-corrected chi connectivity index (χ4v) is 4.69. The topological polar surface area (TPSA) is 64.9 Å². The molecule has 1 aromatic heterocycles. The van der Waals surface area contributed by atoms with Crippen molar-refractivity contribution in [2.45, 2.75) is 17.4 Å². The van der Waals surface area contributed by atoms with Crippen molar-refractivity contribution in [2.24, 2.45) is 0 Å². The first-order valence-corrected chi connectivity index (χ1v) is 8.26. The summed E-state index contributed by atoms with van der Waals surface area (Å²) < 4.78 is 5.37. The predicted molar refractivity (Wildman–Crippen MR) is 81.3 cm³/mol. The van der Waals surface area contributed by atoms with Crippen LogP contribution in [0, 0.1) is 0 Å². The van der Waals surface area contributed by atoms with E-state index >= 15 is 0 Å². The molecule has 0 aliphatic carbocycles. The van der Waals surface area contributed by atoms with Gasteiger partial charge in [-0.2, -0.15) is 16.7 Å². The van der Waals surface area contributed by atoms with Crippen molar-refractivity contribution in [2.75, 3.05) is 17.2 Å². The Morgan fingerprint density at radius 3 is 2.68 bits per heavy atom. The van der Waals surface area contributed by atoms with E-state index in [1.165, 1.54) is 5.75 Å². The number of aromatic nitrogens is 2. The number of hydrogen-bond acceptors (Lipinski definition) is 6. The maximum Gasteiger partial charge on any atom is 0.257 e. The van der Waals surface area contributed by atoms with Crippen LogP contribution in [0.1, 0.15) is 18.0 Å². The van der Waals surface area contributed by atoms with Gasteiger partial charge in [0.25, 0.3) is 5.89 Å². The molecule has 0 saturated carbocycles. The first-order valence-electron chi connectivity index (χ1n) is 6.17. The van der Waals surface area contributed by atoms with Crippen molar-refractivity contribution < 1.29 is 4.52 Å².